The van der Waals surface area contributed by atoms with Gasteiger partial charge in [0.25, 0.3) is 5.91 Å². The first-order valence-electron chi connectivity index (χ1n) is 7.29. The highest BCUT2D eigenvalue weighted by atomic mass is 127. The molecular weight excluding hydrogens is 459 g/mol. The Bertz CT molecular complexity index is 770. The summed E-state index contributed by atoms with van der Waals surface area (Å²) in [7, 11) is 1.52. The molecule has 25 heavy (non-hydrogen) atoms. The first kappa shape index (κ1) is 19.5. The molecule has 2 amide bonds. The number of ether oxygens (including phenoxy) is 2. The van der Waals surface area contributed by atoms with Crippen molar-refractivity contribution in [2.45, 2.75) is 0 Å². The summed E-state index contributed by atoms with van der Waals surface area (Å²) in [4.78, 5) is 24.0. The second kappa shape index (κ2) is 9.59. The highest BCUT2D eigenvalue weighted by Crippen LogP contribution is 2.21. The average molecular weight is 475 g/mol. The van der Waals surface area contributed by atoms with E-state index >= 15 is 0 Å². The normalized spacial score (nSPS) is 10.2. The van der Waals surface area contributed by atoms with Crippen molar-refractivity contribution in [2.24, 2.45) is 0 Å². The smallest absolute Gasteiger partial charge is 0.411 e. The van der Waals surface area contributed by atoms with Gasteiger partial charge < -0.3 is 14.8 Å². The molecule has 2 aromatic rings. The number of nitrogens with one attached hydrogen (secondary N) is 2. The number of hydrogen-bond donors (Lipinski definition) is 2. The van der Waals surface area contributed by atoms with Gasteiger partial charge in [-0.15, -0.1) is 0 Å². The molecule has 0 radical (unpaired) electrons. The van der Waals surface area contributed by atoms with Gasteiger partial charge in [0.15, 0.2) is 0 Å². The topological polar surface area (TPSA) is 76.7 Å². The maximum Gasteiger partial charge on any atom is 0.411 e. The summed E-state index contributed by atoms with van der Waals surface area (Å²) >= 11 is 8.02. The standard InChI is InChI=1S/C17H16ClIN2O4/c1-24-7-8-25-17(23)21-13-4-2-3-12(10-13)20-16(22)14-9-11(18)5-6-15(14)19/h2-6,9-10H,7-8H2,1H3,(H,20,22)(H,21,23). The molecule has 0 aliphatic rings. The third kappa shape index (κ3) is 6.18. The zero-order valence-electron chi connectivity index (χ0n) is 13.3. The molecule has 0 bridgehead atoms. The van der Waals surface area contributed by atoms with E-state index in [4.69, 9.17) is 21.1 Å². The lowest BCUT2D eigenvalue weighted by molar-refractivity contribution is 0.102. The number of methoxy groups -OCH3 is 1. The molecule has 0 aromatic heterocycles. The molecule has 8 heteroatoms. The fourth-order valence-electron chi connectivity index (χ4n) is 1.92. The Morgan fingerprint density at radius 1 is 1.08 bits per heavy atom. The maximum atomic E-state index is 12.4. The van der Waals surface area contributed by atoms with E-state index in [9.17, 15) is 9.59 Å². The van der Waals surface area contributed by atoms with E-state index < -0.39 is 6.09 Å². The van der Waals surface area contributed by atoms with Crippen LogP contribution >= 0.6 is 34.2 Å². The molecule has 2 N–H and O–H groups in total. The largest absolute Gasteiger partial charge is 0.447 e. The van der Waals surface area contributed by atoms with Crippen molar-refractivity contribution in [1.29, 1.82) is 0 Å². The molecule has 0 heterocycles. The van der Waals surface area contributed by atoms with Crippen molar-refractivity contribution in [2.75, 3.05) is 31.0 Å². The van der Waals surface area contributed by atoms with Gasteiger partial charge in [-0.25, -0.2) is 4.79 Å². The lowest BCUT2D eigenvalue weighted by Gasteiger charge is -2.10. The Morgan fingerprint density at radius 2 is 1.80 bits per heavy atom. The molecule has 2 rings (SSSR count). The lowest BCUT2D eigenvalue weighted by atomic mass is 10.2. The summed E-state index contributed by atoms with van der Waals surface area (Å²) in [6, 6.07) is 11.9. The minimum atomic E-state index is -0.593. The minimum absolute atomic E-state index is 0.159. The molecule has 0 saturated heterocycles. The van der Waals surface area contributed by atoms with E-state index in [0.717, 1.165) is 3.57 Å². The van der Waals surface area contributed by atoms with Crippen LogP contribution in [0.2, 0.25) is 5.02 Å². The predicted molar refractivity (Wildman–Crippen MR) is 105 cm³/mol. The number of benzene rings is 2. The van der Waals surface area contributed by atoms with E-state index in [2.05, 4.69) is 33.2 Å². The van der Waals surface area contributed by atoms with Gasteiger partial charge >= 0.3 is 6.09 Å². The van der Waals surface area contributed by atoms with Crippen LogP contribution in [0.25, 0.3) is 0 Å². The van der Waals surface area contributed by atoms with Crippen molar-refractivity contribution < 1.29 is 19.1 Å². The highest BCUT2D eigenvalue weighted by molar-refractivity contribution is 14.1. The van der Waals surface area contributed by atoms with E-state index in [0.29, 0.717) is 28.6 Å². The van der Waals surface area contributed by atoms with E-state index in [-0.39, 0.29) is 12.5 Å². The average Bonchev–Trinajstić information content (AvgIpc) is 2.57. The molecule has 0 atom stereocenters. The molecule has 0 aliphatic heterocycles. The summed E-state index contributed by atoms with van der Waals surface area (Å²) in [5.74, 6) is -0.285. The van der Waals surface area contributed by atoms with Crippen molar-refractivity contribution in [3.63, 3.8) is 0 Å². The van der Waals surface area contributed by atoms with Crippen LogP contribution in [0.4, 0.5) is 16.2 Å². The summed E-state index contributed by atoms with van der Waals surface area (Å²) in [5.41, 5.74) is 1.52. The third-order valence-corrected chi connectivity index (χ3v) is 4.24. The van der Waals surface area contributed by atoms with Gasteiger partial charge in [-0.1, -0.05) is 17.7 Å². The van der Waals surface area contributed by atoms with Crippen LogP contribution in [0.5, 0.6) is 0 Å². The van der Waals surface area contributed by atoms with Crippen molar-refractivity contribution in [3.05, 3.63) is 56.6 Å². The molecule has 6 nitrogen and oxygen atoms in total. The van der Waals surface area contributed by atoms with Crippen LogP contribution in [-0.2, 0) is 9.47 Å². The molecule has 0 saturated carbocycles. The summed E-state index contributed by atoms with van der Waals surface area (Å²) < 4.78 is 10.5. The quantitative estimate of drug-likeness (QED) is 0.481. The monoisotopic (exact) mass is 474 g/mol. The third-order valence-electron chi connectivity index (χ3n) is 3.06. The first-order valence-corrected chi connectivity index (χ1v) is 8.74. The SMILES string of the molecule is COCCOC(=O)Nc1cccc(NC(=O)c2cc(Cl)ccc2I)c1. The van der Waals surface area contributed by atoms with Gasteiger partial charge in [-0.3, -0.25) is 10.1 Å². The first-order chi connectivity index (χ1) is 12.0. The molecule has 0 fully saturated rings. The number of anilines is 2. The second-order valence-electron chi connectivity index (χ2n) is 4.91. The van der Waals surface area contributed by atoms with E-state index in [1.54, 1.807) is 42.5 Å². The van der Waals surface area contributed by atoms with E-state index in [1.807, 2.05) is 0 Å². The number of carbonyl (C=O) groups excluding carboxylic acids is 2. The zero-order valence-corrected chi connectivity index (χ0v) is 16.3. The summed E-state index contributed by atoms with van der Waals surface area (Å²) in [6.45, 7) is 0.480. The second-order valence-corrected chi connectivity index (χ2v) is 6.51. The van der Waals surface area contributed by atoms with Crippen LogP contribution in [-0.4, -0.2) is 32.3 Å². The Kier molecular flexibility index (Phi) is 7.48. The minimum Gasteiger partial charge on any atom is -0.447 e. The highest BCUT2D eigenvalue weighted by Gasteiger charge is 2.11. The molecule has 0 spiro atoms. The van der Waals surface area contributed by atoms with Crippen LogP contribution in [0.1, 0.15) is 10.4 Å². The molecule has 2 aromatic carbocycles. The van der Waals surface area contributed by atoms with Crippen LogP contribution in [0, 0.1) is 3.57 Å². The van der Waals surface area contributed by atoms with Gasteiger partial charge in [0, 0.05) is 27.1 Å². The van der Waals surface area contributed by atoms with Crippen molar-refractivity contribution in [3.8, 4) is 0 Å². The Morgan fingerprint density at radius 3 is 2.52 bits per heavy atom. The number of carbonyl (C=O) groups is 2. The van der Waals surface area contributed by atoms with Gasteiger partial charge in [-0.05, 0) is 59.0 Å². The predicted octanol–water partition coefficient (Wildman–Crippen LogP) is 4.39. The molecule has 132 valence electrons. The van der Waals surface area contributed by atoms with Gasteiger partial charge in [-0.2, -0.15) is 0 Å². The number of rotatable bonds is 6. The lowest BCUT2D eigenvalue weighted by Crippen LogP contribution is -2.17. The molecular formula is C17H16ClIN2O4. The number of halogens is 2. The van der Waals surface area contributed by atoms with Gasteiger partial charge in [0.05, 0.1) is 12.2 Å². The Balaban J connectivity index is 2.02. The molecule has 0 aliphatic carbocycles. The number of hydrogen-bond acceptors (Lipinski definition) is 4. The maximum absolute atomic E-state index is 12.4. The zero-order chi connectivity index (χ0) is 18.2. The summed E-state index contributed by atoms with van der Waals surface area (Å²) in [5, 5.41) is 5.85. The van der Waals surface area contributed by atoms with Crippen molar-refractivity contribution in [1.82, 2.24) is 0 Å². The van der Waals surface area contributed by atoms with Gasteiger partial charge in [0.2, 0.25) is 0 Å². The Hall–Kier alpha value is -1.84. The Labute approximate surface area is 164 Å². The van der Waals surface area contributed by atoms with Crippen molar-refractivity contribution >= 4 is 57.6 Å². The fraction of sp³-hybridized carbons (Fsp3) is 0.176. The van der Waals surface area contributed by atoms with Crippen LogP contribution in [0.15, 0.2) is 42.5 Å². The van der Waals surface area contributed by atoms with Crippen LogP contribution < -0.4 is 10.6 Å². The fourth-order valence-corrected chi connectivity index (χ4v) is 2.67. The van der Waals surface area contributed by atoms with E-state index in [1.165, 1.54) is 7.11 Å². The van der Waals surface area contributed by atoms with Gasteiger partial charge in [0.1, 0.15) is 6.61 Å². The molecule has 0 unspecified atom stereocenters. The number of amides is 2. The van der Waals surface area contributed by atoms with Crippen LogP contribution in [0.3, 0.4) is 0 Å². The summed E-state index contributed by atoms with van der Waals surface area (Å²) in [6.07, 6.45) is -0.593.